The normalized spacial score (nSPS) is 17.3. The molecular formula is C25H25FN4O4. The lowest BCUT2D eigenvalue weighted by Gasteiger charge is -2.13. The lowest BCUT2D eigenvalue weighted by molar-refractivity contribution is 0.0940. The van der Waals surface area contributed by atoms with Crippen molar-refractivity contribution >= 4 is 16.8 Å². The van der Waals surface area contributed by atoms with E-state index in [0.29, 0.717) is 18.1 Å². The Hall–Kier alpha value is -3.93. The van der Waals surface area contributed by atoms with Crippen LogP contribution in [0.5, 0.6) is 11.5 Å². The summed E-state index contributed by atoms with van der Waals surface area (Å²) >= 11 is 0. The van der Waals surface area contributed by atoms with Crippen LogP contribution in [0.2, 0.25) is 0 Å². The molecule has 34 heavy (non-hydrogen) atoms. The van der Waals surface area contributed by atoms with Gasteiger partial charge in [-0.15, -0.1) is 0 Å². The first kappa shape index (κ1) is 23.2. The molecule has 2 atom stereocenters. The van der Waals surface area contributed by atoms with E-state index in [1.165, 1.54) is 12.1 Å². The summed E-state index contributed by atoms with van der Waals surface area (Å²) in [4.78, 5) is 32.0. The molecule has 3 aromatic rings. The minimum absolute atomic E-state index is 0.0364. The molecule has 8 nitrogen and oxygen atoms in total. The number of hydrogen-bond donors (Lipinski definition) is 2. The highest BCUT2D eigenvalue weighted by molar-refractivity contribution is 5.93. The summed E-state index contributed by atoms with van der Waals surface area (Å²) in [6.07, 6.45) is 3.30. The zero-order valence-electron chi connectivity index (χ0n) is 18.8. The summed E-state index contributed by atoms with van der Waals surface area (Å²) in [5.41, 5.74) is 0.325. The third-order valence-electron chi connectivity index (χ3n) is 6.08. The summed E-state index contributed by atoms with van der Waals surface area (Å²) < 4.78 is 25.3. The van der Waals surface area contributed by atoms with Crippen LogP contribution in [0.25, 0.3) is 10.9 Å². The fourth-order valence-corrected chi connectivity index (χ4v) is 4.26. The molecule has 1 fully saturated rings. The molecule has 9 heteroatoms. The number of rotatable bonds is 8. The van der Waals surface area contributed by atoms with E-state index in [4.69, 9.17) is 14.7 Å². The second-order valence-electron chi connectivity index (χ2n) is 8.36. The number of methoxy groups -OCH3 is 1. The van der Waals surface area contributed by atoms with Gasteiger partial charge in [-0.1, -0.05) is 12.1 Å². The molecule has 0 spiro atoms. The van der Waals surface area contributed by atoms with E-state index in [2.05, 4.69) is 21.4 Å². The second-order valence-corrected chi connectivity index (χ2v) is 8.36. The van der Waals surface area contributed by atoms with Gasteiger partial charge in [-0.25, -0.2) is 9.37 Å². The van der Waals surface area contributed by atoms with Crippen LogP contribution in [-0.2, 0) is 6.54 Å². The first-order valence-corrected chi connectivity index (χ1v) is 11.1. The van der Waals surface area contributed by atoms with Crippen molar-refractivity contribution in [1.29, 1.82) is 5.26 Å². The number of nitrogens with zero attached hydrogens (tertiary/aromatic N) is 2. The third-order valence-corrected chi connectivity index (χ3v) is 6.08. The van der Waals surface area contributed by atoms with Crippen LogP contribution in [0.4, 0.5) is 4.39 Å². The van der Waals surface area contributed by atoms with Gasteiger partial charge in [-0.3, -0.25) is 9.59 Å². The van der Waals surface area contributed by atoms with Gasteiger partial charge in [0.1, 0.15) is 11.1 Å². The Morgan fingerprint density at radius 3 is 2.94 bits per heavy atom. The second kappa shape index (κ2) is 10.3. The quantitative estimate of drug-likeness (QED) is 0.525. The molecule has 1 aliphatic carbocycles. The summed E-state index contributed by atoms with van der Waals surface area (Å²) in [7, 11) is 1.56. The maximum Gasteiger partial charge on any atom is 0.287 e. The van der Waals surface area contributed by atoms with Gasteiger partial charge < -0.3 is 19.8 Å². The van der Waals surface area contributed by atoms with Crippen molar-refractivity contribution in [3.8, 4) is 17.6 Å². The van der Waals surface area contributed by atoms with E-state index in [0.717, 1.165) is 24.8 Å². The number of benzene rings is 2. The molecule has 2 unspecified atom stereocenters. The molecule has 1 aliphatic rings. The summed E-state index contributed by atoms with van der Waals surface area (Å²) in [5, 5.41) is 11.7. The van der Waals surface area contributed by atoms with Crippen LogP contribution >= 0.6 is 0 Å². The van der Waals surface area contributed by atoms with Crippen molar-refractivity contribution in [2.45, 2.75) is 32.2 Å². The monoisotopic (exact) mass is 464 g/mol. The molecule has 0 saturated heterocycles. The molecule has 2 aromatic carbocycles. The van der Waals surface area contributed by atoms with Crippen molar-refractivity contribution in [3.63, 3.8) is 0 Å². The van der Waals surface area contributed by atoms with Crippen LogP contribution in [0.1, 0.15) is 41.9 Å². The minimum Gasteiger partial charge on any atom is -0.497 e. The Morgan fingerprint density at radius 1 is 1.32 bits per heavy atom. The van der Waals surface area contributed by atoms with E-state index in [9.17, 15) is 14.0 Å². The Bertz CT molecular complexity index is 1300. The van der Waals surface area contributed by atoms with Gasteiger partial charge in [-0.05, 0) is 61.4 Å². The molecule has 0 radical (unpaired) electrons. The topological polar surface area (TPSA) is 117 Å². The number of nitrogens with one attached hydrogen (secondary N) is 2. The highest BCUT2D eigenvalue weighted by Crippen LogP contribution is 2.33. The predicted octanol–water partition coefficient (Wildman–Crippen LogP) is 3.71. The number of amides is 1. The highest BCUT2D eigenvalue weighted by atomic mass is 19.1. The number of hydrogen-bond acceptors (Lipinski definition) is 6. The maximum absolute atomic E-state index is 14.5. The standard InChI is InChI=1S/C25H25FN4O4/c1-33-18-4-2-3-17(12-18)14-28-25(32)23-29-20-8-7-19(26)22(21(20)24(31)30-23)34-10-9-15-5-6-16(11-15)13-27/h2-4,7-8,12,15-16H,5-6,9-11,14H2,1H3,(H,28,32)(H,29,30,31). The molecule has 0 bridgehead atoms. The zero-order valence-corrected chi connectivity index (χ0v) is 18.8. The molecule has 1 amide bonds. The first-order valence-electron chi connectivity index (χ1n) is 11.1. The largest absolute Gasteiger partial charge is 0.497 e. The molecule has 1 aromatic heterocycles. The summed E-state index contributed by atoms with van der Waals surface area (Å²) in [6.45, 7) is 0.435. The van der Waals surface area contributed by atoms with Crippen molar-refractivity contribution < 1.29 is 18.7 Å². The van der Waals surface area contributed by atoms with Gasteiger partial charge in [0.25, 0.3) is 11.5 Å². The van der Waals surface area contributed by atoms with Gasteiger partial charge in [0.05, 0.1) is 25.3 Å². The molecule has 1 saturated carbocycles. The van der Waals surface area contributed by atoms with Gasteiger partial charge >= 0.3 is 0 Å². The Labute approximate surface area is 195 Å². The van der Waals surface area contributed by atoms with Crippen LogP contribution < -0.4 is 20.3 Å². The number of fused-ring (bicyclic) bond motifs is 1. The van der Waals surface area contributed by atoms with Gasteiger partial charge in [0.15, 0.2) is 17.4 Å². The Balaban J connectivity index is 1.47. The number of halogens is 1. The van der Waals surface area contributed by atoms with Crippen molar-refractivity contribution in [2.24, 2.45) is 11.8 Å². The maximum atomic E-state index is 14.5. The van der Waals surface area contributed by atoms with E-state index in [1.807, 2.05) is 6.07 Å². The lowest BCUT2D eigenvalue weighted by Crippen LogP contribution is -2.27. The van der Waals surface area contributed by atoms with Gasteiger partial charge in [-0.2, -0.15) is 5.26 Å². The number of H-pyrrole nitrogens is 1. The predicted molar refractivity (Wildman–Crippen MR) is 123 cm³/mol. The number of carbonyl (C=O) groups is 1. The van der Waals surface area contributed by atoms with Gasteiger partial charge in [0.2, 0.25) is 0 Å². The highest BCUT2D eigenvalue weighted by Gasteiger charge is 2.24. The fraction of sp³-hybridized carbons (Fsp3) is 0.360. The molecular weight excluding hydrogens is 439 g/mol. The van der Waals surface area contributed by atoms with E-state index < -0.39 is 17.3 Å². The fourth-order valence-electron chi connectivity index (χ4n) is 4.26. The number of carbonyl (C=O) groups excluding carboxylic acids is 1. The average molecular weight is 464 g/mol. The molecule has 2 N–H and O–H groups in total. The van der Waals surface area contributed by atoms with Crippen LogP contribution in [0, 0.1) is 29.0 Å². The average Bonchev–Trinajstić information content (AvgIpc) is 3.32. The van der Waals surface area contributed by atoms with Crippen LogP contribution in [-0.4, -0.2) is 29.6 Å². The SMILES string of the molecule is COc1cccc(CNC(=O)c2nc3ccc(F)c(OCCC4CCC(C#N)C4)c3c(=O)[nH]2)c1. The van der Waals surface area contributed by atoms with Crippen LogP contribution in [0.15, 0.2) is 41.2 Å². The number of aromatic amines is 1. The molecule has 176 valence electrons. The van der Waals surface area contributed by atoms with E-state index >= 15 is 0 Å². The zero-order chi connectivity index (χ0) is 24.1. The molecule has 0 aliphatic heterocycles. The minimum atomic E-state index is -0.670. The Kier molecular flexibility index (Phi) is 7.07. The number of nitriles is 1. The number of ether oxygens (including phenoxy) is 2. The van der Waals surface area contributed by atoms with Gasteiger partial charge in [0, 0.05) is 12.5 Å². The smallest absolute Gasteiger partial charge is 0.287 e. The van der Waals surface area contributed by atoms with E-state index in [1.54, 1.807) is 25.3 Å². The summed E-state index contributed by atoms with van der Waals surface area (Å²) in [5.74, 6) is -0.510. The van der Waals surface area contributed by atoms with Crippen molar-refractivity contribution in [3.05, 3.63) is 64.0 Å². The molecule has 4 rings (SSSR count). The molecule has 1 heterocycles. The van der Waals surface area contributed by atoms with Crippen LogP contribution in [0.3, 0.4) is 0 Å². The van der Waals surface area contributed by atoms with Crippen molar-refractivity contribution in [1.82, 2.24) is 15.3 Å². The third kappa shape index (κ3) is 5.17. The van der Waals surface area contributed by atoms with Crippen molar-refractivity contribution in [2.75, 3.05) is 13.7 Å². The number of aromatic nitrogens is 2. The van der Waals surface area contributed by atoms with E-state index in [-0.39, 0.29) is 41.5 Å². The Morgan fingerprint density at radius 2 is 2.18 bits per heavy atom. The first-order chi connectivity index (χ1) is 16.5. The summed E-state index contributed by atoms with van der Waals surface area (Å²) in [6, 6.07) is 12.0. The lowest BCUT2D eigenvalue weighted by atomic mass is 10.0.